The number of guanidine groups is 1. The highest BCUT2D eigenvalue weighted by atomic mass is 127. The molecule has 24 heavy (non-hydrogen) atoms. The SMILES string of the molecule is CCNC(=NCC1CCCS1)NCCN(C)C(=O)OC(C)(C)C.I. The van der Waals surface area contributed by atoms with Crippen LogP contribution >= 0.6 is 35.7 Å². The first kappa shape index (κ1) is 23.6. The number of carbonyl (C=O) groups excluding carboxylic acids is 1. The van der Waals surface area contributed by atoms with Crippen molar-refractivity contribution in [1.29, 1.82) is 0 Å². The summed E-state index contributed by atoms with van der Waals surface area (Å²) in [7, 11) is 1.75. The van der Waals surface area contributed by atoms with Gasteiger partial charge in [-0.25, -0.2) is 4.79 Å². The monoisotopic (exact) mass is 472 g/mol. The number of hydrogen-bond donors (Lipinski definition) is 2. The summed E-state index contributed by atoms with van der Waals surface area (Å²) in [5.41, 5.74) is -0.464. The minimum Gasteiger partial charge on any atom is -0.444 e. The van der Waals surface area contributed by atoms with Gasteiger partial charge in [-0.2, -0.15) is 11.8 Å². The van der Waals surface area contributed by atoms with E-state index >= 15 is 0 Å². The number of nitrogens with one attached hydrogen (secondary N) is 2. The molecule has 142 valence electrons. The fourth-order valence-corrected chi connectivity index (χ4v) is 3.28. The molecule has 1 aliphatic heterocycles. The van der Waals surface area contributed by atoms with E-state index in [-0.39, 0.29) is 30.1 Å². The Morgan fingerprint density at radius 3 is 2.62 bits per heavy atom. The van der Waals surface area contributed by atoms with Crippen molar-refractivity contribution in [3.8, 4) is 0 Å². The number of nitrogens with zero attached hydrogens (tertiary/aromatic N) is 2. The Balaban J connectivity index is 0.00000529. The van der Waals surface area contributed by atoms with Crippen molar-refractivity contribution in [2.45, 2.75) is 51.4 Å². The predicted molar refractivity (Wildman–Crippen MR) is 114 cm³/mol. The van der Waals surface area contributed by atoms with Crippen molar-refractivity contribution in [2.24, 2.45) is 4.99 Å². The van der Waals surface area contributed by atoms with Crippen LogP contribution in [0.3, 0.4) is 0 Å². The minimum absolute atomic E-state index is 0. The molecule has 1 atom stereocenters. The Hall–Kier alpha value is -0.380. The standard InChI is InChI=1S/C16H32N4O2S.HI/c1-6-17-14(19-12-13-8-7-11-23-13)18-9-10-20(5)15(21)22-16(2,3)4;/h13H,6-12H2,1-5H3,(H2,17,18,19);1H. The summed E-state index contributed by atoms with van der Waals surface area (Å²) < 4.78 is 5.33. The van der Waals surface area contributed by atoms with Gasteiger partial charge in [0.15, 0.2) is 5.96 Å². The van der Waals surface area contributed by atoms with Gasteiger partial charge in [0, 0.05) is 31.9 Å². The van der Waals surface area contributed by atoms with Crippen molar-refractivity contribution in [3.05, 3.63) is 0 Å². The molecule has 1 aliphatic rings. The van der Waals surface area contributed by atoms with E-state index < -0.39 is 5.60 Å². The number of thioether (sulfide) groups is 1. The number of rotatable bonds is 6. The molecule has 1 rings (SSSR count). The van der Waals surface area contributed by atoms with E-state index in [4.69, 9.17) is 4.74 Å². The summed E-state index contributed by atoms with van der Waals surface area (Å²) in [6.07, 6.45) is 2.26. The van der Waals surface area contributed by atoms with Crippen LogP contribution in [0, 0.1) is 0 Å². The van der Waals surface area contributed by atoms with Crippen LogP contribution in [0.4, 0.5) is 4.79 Å². The number of amides is 1. The minimum atomic E-state index is -0.464. The van der Waals surface area contributed by atoms with Crippen molar-refractivity contribution >= 4 is 47.8 Å². The molecule has 1 saturated heterocycles. The quantitative estimate of drug-likeness (QED) is 0.354. The summed E-state index contributed by atoms with van der Waals surface area (Å²) in [6, 6.07) is 0. The summed E-state index contributed by atoms with van der Waals surface area (Å²) in [6.45, 7) is 10.5. The third-order valence-corrected chi connectivity index (χ3v) is 4.65. The Labute approximate surface area is 168 Å². The lowest BCUT2D eigenvalue weighted by Crippen LogP contribution is -2.43. The summed E-state index contributed by atoms with van der Waals surface area (Å²) in [4.78, 5) is 18.1. The zero-order chi connectivity index (χ0) is 17.3. The van der Waals surface area contributed by atoms with Gasteiger partial charge in [-0.1, -0.05) is 0 Å². The molecule has 1 fully saturated rings. The third-order valence-electron chi connectivity index (χ3n) is 3.27. The fraction of sp³-hybridized carbons (Fsp3) is 0.875. The maximum absolute atomic E-state index is 11.9. The van der Waals surface area contributed by atoms with Gasteiger partial charge in [0.05, 0.1) is 6.54 Å². The van der Waals surface area contributed by atoms with Gasteiger partial charge >= 0.3 is 6.09 Å². The number of aliphatic imine (C=N–C) groups is 1. The topological polar surface area (TPSA) is 66.0 Å². The average molecular weight is 472 g/mol. The number of halogens is 1. The Kier molecular flexibility index (Phi) is 11.9. The largest absolute Gasteiger partial charge is 0.444 e. The average Bonchev–Trinajstić information content (AvgIpc) is 2.96. The molecule has 0 aliphatic carbocycles. The normalized spacial score (nSPS) is 17.9. The van der Waals surface area contributed by atoms with Crippen LogP contribution in [0.5, 0.6) is 0 Å². The maximum Gasteiger partial charge on any atom is 0.410 e. The highest BCUT2D eigenvalue weighted by Gasteiger charge is 2.19. The Bertz CT molecular complexity index is 396. The highest BCUT2D eigenvalue weighted by Crippen LogP contribution is 2.25. The summed E-state index contributed by atoms with van der Waals surface area (Å²) in [5.74, 6) is 2.07. The third kappa shape index (κ3) is 10.5. The van der Waals surface area contributed by atoms with E-state index in [1.807, 2.05) is 39.5 Å². The zero-order valence-electron chi connectivity index (χ0n) is 15.6. The highest BCUT2D eigenvalue weighted by molar-refractivity contribution is 14.0. The second-order valence-corrected chi connectivity index (χ2v) is 8.09. The number of hydrogen-bond acceptors (Lipinski definition) is 4. The maximum atomic E-state index is 11.9. The van der Waals surface area contributed by atoms with Crippen LogP contribution in [-0.4, -0.2) is 66.8 Å². The van der Waals surface area contributed by atoms with Crippen LogP contribution in [0.15, 0.2) is 4.99 Å². The van der Waals surface area contributed by atoms with E-state index in [0.29, 0.717) is 18.3 Å². The van der Waals surface area contributed by atoms with Gasteiger partial charge in [0.1, 0.15) is 5.60 Å². The van der Waals surface area contributed by atoms with Crippen molar-refractivity contribution < 1.29 is 9.53 Å². The molecule has 2 N–H and O–H groups in total. The van der Waals surface area contributed by atoms with E-state index in [2.05, 4.69) is 15.6 Å². The first-order valence-electron chi connectivity index (χ1n) is 8.39. The number of carbonyl (C=O) groups is 1. The molecule has 0 spiro atoms. The molecule has 0 aromatic carbocycles. The molecule has 0 radical (unpaired) electrons. The molecule has 0 saturated carbocycles. The molecule has 0 aromatic heterocycles. The second-order valence-electron chi connectivity index (χ2n) is 6.68. The Morgan fingerprint density at radius 1 is 1.38 bits per heavy atom. The first-order valence-corrected chi connectivity index (χ1v) is 9.44. The van der Waals surface area contributed by atoms with E-state index in [0.717, 1.165) is 19.0 Å². The lowest BCUT2D eigenvalue weighted by atomic mass is 10.2. The summed E-state index contributed by atoms with van der Waals surface area (Å²) in [5, 5.41) is 7.16. The molecule has 1 amide bonds. The lowest BCUT2D eigenvalue weighted by Gasteiger charge is -2.25. The van der Waals surface area contributed by atoms with Crippen molar-refractivity contribution in [1.82, 2.24) is 15.5 Å². The van der Waals surface area contributed by atoms with Crippen LogP contribution in [0.1, 0.15) is 40.5 Å². The van der Waals surface area contributed by atoms with Crippen molar-refractivity contribution in [2.75, 3.05) is 39.0 Å². The molecular formula is C16H33IN4O2S. The predicted octanol–water partition coefficient (Wildman–Crippen LogP) is 2.92. The smallest absolute Gasteiger partial charge is 0.410 e. The zero-order valence-corrected chi connectivity index (χ0v) is 18.7. The summed E-state index contributed by atoms with van der Waals surface area (Å²) >= 11 is 2.01. The van der Waals surface area contributed by atoms with Crippen LogP contribution in [0.25, 0.3) is 0 Å². The van der Waals surface area contributed by atoms with Gasteiger partial charge in [-0.15, -0.1) is 24.0 Å². The van der Waals surface area contributed by atoms with Crippen LogP contribution in [-0.2, 0) is 4.74 Å². The second kappa shape index (κ2) is 12.1. The van der Waals surface area contributed by atoms with Crippen LogP contribution < -0.4 is 10.6 Å². The van der Waals surface area contributed by atoms with Crippen LogP contribution in [0.2, 0.25) is 0 Å². The lowest BCUT2D eigenvalue weighted by molar-refractivity contribution is 0.0302. The molecule has 1 unspecified atom stereocenters. The van der Waals surface area contributed by atoms with Gasteiger partial charge in [-0.3, -0.25) is 4.99 Å². The van der Waals surface area contributed by atoms with Gasteiger partial charge < -0.3 is 20.3 Å². The van der Waals surface area contributed by atoms with Gasteiger partial charge in [0.25, 0.3) is 0 Å². The molecule has 0 bridgehead atoms. The first-order chi connectivity index (χ1) is 10.8. The van der Waals surface area contributed by atoms with E-state index in [1.165, 1.54) is 18.6 Å². The van der Waals surface area contributed by atoms with E-state index in [1.54, 1.807) is 11.9 Å². The number of ether oxygens (including phenoxy) is 1. The van der Waals surface area contributed by atoms with E-state index in [9.17, 15) is 4.79 Å². The molecule has 8 heteroatoms. The fourth-order valence-electron chi connectivity index (χ4n) is 2.10. The molecule has 0 aromatic rings. The molecule has 6 nitrogen and oxygen atoms in total. The number of likely N-dealkylation sites (N-methyl/N-ethyl adjacent to an activating group) is 1. The Morgan fingerprint density at radius 2 is 2.08 bits per heavy atom. The molecule has 1 heterocycles. The van der Waals surface area contributed by atoms with Gasteiger partial charge in [-0.05, 0) is 46.3 Å². The van der Waals surface area contributed by atoms with Crippen molar-refractivity contribution in [3.63, 3.8) is 0 Å². The van der Waals surface area contributed by atoms with Gasteiger partial charge in [0.2, 0.25) is 0 Å². The molecular weight excluding hydrogens is 439 g/mol.